The minimum absolute atomic E-state index is 0.177. The molecule has 3 aromatic rings. The quantitative estimate of drug-likeness (QED) is 0.692. The molecule has 26 heavy (non-hydrogen) atoms. The zero-order valence-corrected chi connectivity index (χ0v) is 15.6. The van der Waals surface area contributed by atoms with E-state index in [-0.39, 0.29) is 10.8 Å². The average Bonchev–Trinajstić information content (AvgIpc) is 3.00. The lowest BCUT2D eigenvalue weighted by molar-refractivity contribution is 0.583. The van der Waals surface area contributed by atoms with Crippen molar-refractivity contribution >= 4 is 26.6 Å². The van der Waals surface area contributed by atoms with Crippen molar-refractivity contribution in [2.75, 3.05) is 0 Å². The number of H-pyrrole nitrogens is 1. The maximum Gasteiger partial charge on any atom is 0.276 e. The van der Waals surface area contributed by atoms with E-state index >= 15 is 0 Å². The van der Waals surface area contributed by atoms with E-state index < -0.39 is 10.0 Å². The zero-order valence-electron chi connectivity index (χ0n) is 14.8. The number of hydrogen-bond acceptors (Lipinski definition) is 3. The standard InChI is InChI=1S/C20H21N3O2S/c1-13-7-10-15(11-8-13)26(24,25)23-22-19-14(2)9-12-17-16-5-3-4-6-18(16)21-20(17)19/h3-8,10-11,14,21,23H,9,12H2,1-2H3/b22-19-. The Morgan fingerprint density at radius 3 is 2.62 bits per heavy atom. The van der Waals surface area contributed by atoms with Crippen molar-refractivity contribution in [3.05, 3.63) is 65.4 Å². The van der Waals surface area contributed by atoms with Gasteiger partial charge in [-0.3, -0.25) is 0 Å². The van der Waals surface area contributed by atoms with Crippen molar-refractivity contribution in [3.63, 3.8) is 0 Å². The molecule has 5 nitrogen and oxygen atoms in total. The molecule has 2 aromatic carbocycles. The molecular weight excluding hydrogens is 346 g/mol. The topological polar surface area (TPSA) is 74.3 Å². The van der Waals surface area contributed by atoms with Crippen molar-refractivity contribution in [2.45, 2.75) is 31.6 Å². The Morgan fingerprint density at radius 1 is 1.12 bits per heavy atom. The van der Waals surface area contributed by atoms with E-state index in [1.54, 1.807) is 24.3 Å². The average molecular weight is 367 g/mol. The Morgan fingerprint density at radius 2 is 1.85 bits per heavy atom. The molecule has 0 aliphatic heterocycles. The van der Waals surface area contributed by atoms with Crippen LogP contribution in [0.4, 0.5) is 0 Å². The summed E-state index contributed by atoms with van der Waals surface area (Å²) in [6.07, 6.45) is 1.91. The van der Waals surface area contributed by atoms with Gasteiger partial charge in [0.05, 0.1) is 16.3 Å². The maximum absolute atomic E-state index is 12.5. The lowest BCUT2D eigenvalue weighted by Crippen LogP contribution is -2.26. The van der Waals surface area contributed by atoms with Gasteiger partial charge in [0.15, 0.2) is 0 Å². The lowest BCUT2D eigenvalue weighted by atomic mass is 9.86. The highest BCUT2D eigenvalue weighted by molar-refractivity contribution is 7.89. The second-order valence-electron chi connectivity index (χ2n) is 6.87. The van der Waals surface area contributed by atoms with Crippen LogP contribution < -0.4 is 4.83 Å². The van der Waals surface area contributed by atoms with Gasteiger partial charge in [0.1, 0.15) is 0 Å². The van der Waals surface area contributed by atoms with Crippen LogP contribution in [0.1, 0.15) is 30.2 Å². The van der Waals surface area contributed by atoms with E-state index in [1.807, 2.05) is 25.1 Å². The van der Waals surface area contributed by atoms with Crippen molar-refractivity contribution in [1.29, 1.82) is 0 Å². The highest BCUT2D eigenvalue weighted by Crippen LogP contribution is 2.31. The molecule has 0 saturated carbocycles. The first-order valence-corrected chi connectivity index (χ1v) is 10.2. The molecule has 6 heteroatoms. The van der Waals surface area contributed by atoms with Gasteiger partial charge in [-0.25, -0.2) is 0 Å². The summed E-state index contributed by atoms with van der Waals surface area (Å²) in [5.41, 5.74) is 4.99. The minimum Gasteiger partial charge on any atom is -0.353 e. The minimum atomic E-state index is -3.68. The van der Waals surface area contributed by atoms with E-state index in [0.717, 1.165) is 35.3 Å². The van der Waals surface area contributed by atoms with E-state index in [9.17, 15) is 8.42 Å². The predicted molar refractivity (Wildman–Crippen MR) is 104 cm³/mol. The van der Waals surface area contributed by atoms with Crippen LogP contribution in [0.15, 0.2) is 58.5 Å². The highest BCUT2D eigenvalue weighted by atomic mass is 32.2. The van der Waals surface area contributed by atoms with Crippen molar-refractivity contribution < 1.29 is 8.42 Å². The maximum atomic E-state index is 12.5. The van der Waals surface area contributed by atoms with Crippen LogP contribution in [0.3, 0.4) is 0 Å². The summed E-state index contributed by atoms with van der Waals surface area (Å²) in [5.74, 6) is 0.177. The van der Waals surface area contributed by atoms with Crippen LogP contribution in [-0.2, 0) is 16.4 Å². The third-order valence-electron chi connectivity index (χ3n) is 4.98. The van der Waals surface area contributed by atoms with E-state index in [0.29, 0.717) is 0 Å². The number of aromatic amines is 1. The molecule has 2 N–H and O–H groups in total. The third kappa shape index (κ3) is 2.90. The van der Waals surface area contributed by atoms with E-state index in [1.165, 1.54) is 10.9 Å². The molecular formula is C20H21N3O2S. The van der Waals surface area contributed by atoms with Gasteiger partial charge in [0, 0.05) is 16.8 Å². The van der Waals surface area contributed by atoms with Gasteiger partial charge in [-0.1, -0.05) is 42.8 Å². The Kier molecular flexibility index (Phi) is 4.07. The van der Waals surface area contributed by atoms with Crippen LogP contribution in [0, 0.1) is 12.8 Å². The van der Waals surface area contributed by atoms with Gasteiger partial charge < -0.3 is 4.98 Å². The number of nitrogens with one attached hydrogen (secondary N) is 2. The normalized spacial score (nSPS) is 18.8. The van der Waals surface area contributed by atoms with Crippen molar-refractivity contribution in [3.8, 4) is 0 Å². The lowest BCUT2D eigenvalue weighted by Gasteiger charge is -2.21. The van der Waals surface area contributed by atoms with E-state index in [2.05, 4.69) is 27.9 Å². The molecule has 1 atom stereocenters. The van der Waals surface area contributed by atoms with Gasteiger partial charge in [0.2, 0.25) is 0 Å². The predicted octanol–water partition coefficient (Wildman–Crippen LogP) is 3.74. The number of hydrazone groups is 1. The van der Waals surface area contributed by atoms with Crippen molar-refractivity contribution in [1.82, 2.24) is 9.82 Å². The number of rotatable bonds is 3. The number of sulfonamides is 1. The van der Waals surface area contributed by atoms with Gasteiger partial charge in [-0.2, -0.15) is 18.4 Å². The number of aryl methyl sites for hydroxylation is 2. The second-order valence-corrected chi connectivity index (χ2v) is 8.53. The van der Waals surface area contributed by atoms with Gasteiger partial charge in [-0.05, 0) is 43.5 Å². The highest BCUT2D eigenvalue weighted by Gasteiger charge is 2.26. The molecule has 4 rings (SSSR count). The molecule has 1 aliphatic carbocycles. The zero-order chi connectivity index (χ0) is 18.3. The molecule has 0 amide bonds. The Balaban J connectivity index is 1.72. The van der Waals surface area contributed by atoms with Crippen LogP contribution in [0.2, 0.25) is 0 Å². The Hall–Kier alpha value is -2.60. The summed E-state index contributed by atoms with van der Waals surface area (Å²) < 4.78 is 25.1. The molecule has 1 aliphatic rings. The van der Waals surface area contributed by atoms with Crippen LogP contribution in [-0.4, -0.2) is 19.1 Å². The van der Waals surface area contributed by atoms with Crippen LogP contribution in [0.25, 0.3) is 10.9 Å². The number of aromatic nitrogens is 1. The number of hydrogen-bond donors (Lipinski definition) is 2. The molecule has 1 heterocycles. The summed E-state index contributed by atoms with van der Waals surface area (Å²) in [7, 11) is -3.68. The molecule has 0 radical (unpaired) electrons. The summed E-state index contributed by atoms with van der Waals surface area (Å²) in [5, 5.41) is 5.50. The fraction of sp³-hybridized carbons (Fsp3) is 0.250. The largest absolute Gasteiger partial charge is 0.353 e. The summed E-state index contributed by atoms with van der Waals surface area (Å²) in [6.45, 7) is 4.00. The first-order valence-electron chi connectivity index (χ1n) is 8.72. The summed E-state index contributed by atoms with van der Waals surface area (Å²) in [6, 6.07) is 14.9. The Labute approximate surface area is 153 Å². The molecule has 0 spiro atoms. The SMILES string of the molecule is Cc1ccc(S(=O)(=O)N/N=C2\c3[nH]c4ccccc4c3CCC2C)cc1. The number of benzene rings is 2. The fourth-order valence-electron chi connectivity index (χ4n) is 3.47. The summed E-state index contributed by atoms with van der Waals surface area (Å²) >= 11 is 0. The van der Waals surface area contributed by atoms with Gasteiger partial charge in [-0.15, -0.1) is 0 Å². The van der Waals surface area contributed by atoms with Crippen molar-refractivity contribution in [2.24, 2.45) is 11.0 Å². The second kappa shape index (κ2) is 6.29. The third-order valence-corrected chi connectivity index (χ3v) is 6.21. The van der Waals surface area contributed by atoms with E-state index in [4.69, 9.17) is 0 Å². The first-order chi connectivity index (χ1) is 12.5. The molecule has 134 valence electrons. The molecule has 0 saturated heterocycles. The number of para-hydroxylation sites is 1. The molecule has 1 aromatic heterocycles. The number of fused-ring (bicyclic) bond motifs is 3. The van der Waals surface area contributed by atoms with Gasteiger partial charge in [0.25, 0.3) is 10.0 Å². The van der Waals surface area contributed by atoms with Crippen LogP contribution in [0.5, 0.6) is 0 Å². The van der Waals surface area contributed by atoms with Crippen LogP contribution >= 0.6 is 0 Å². The fourth-order valence-corrected chi connectivity index (χ4v) is 4.29. The number of nitrogens with zero attached hydrogens (tertiary/aromatic N) is 1. The monoisotopic (exact) mass is 367 g/mol. The summed E-state index contributed by atoms with van der Waals surface area (Å²) in [4.78, 5) is 6.05. The first kappa shape index (κ1) is 16.8. The van der Waals surface area contributed by atoms with Gasteiger partial charge >= 0.3 is 0 Å². The Bertz CT molecular complexity index is 1100. The molecule has 0 fully saturated rings. The molecule has 0 bridgehead atoms. The molecule has 1 unspecified atom stereocenters. The smallest absolute Gasteiger partial charge is 0.276 e.